The minimum Gasteiger partial charge on any atom is -0.346 e. The molecule has 0 N–H and O–H groups in total. The van der Waals surface area contributed by atoms with Gasteiger partial charge in [0.15, 0.2) is 0 Å². The van der Waals surface area contributed by atoms with E-state index in [1.54, 1.807) is 4.90 Å². The maximum absolute atomic E-state index is 11.3. The predicted octanol–water partition coefficient (Wildman–Crippen LogP) is 2.26. The lowest BCUT2D eigenvalue weighted by atomic mass is 9.83. The summed E-state index contributed by atoms with van der Waals surface area (Å²) < 4.78 is 0. The van der Waals surface area contributed by atoms with E-state index in [2.05, 4.69) is 0 Å². The van der Waals surface area contributed by atoms with Gasteiger partial charge in [-0.05, 0) is 12.3 Å². The van der Waals surface area contributed by atoms with Crippen molar-refractivity contribution in [3.8, 4) is 0 Å². The molecule has 1 aliphatic rings. The van der Waals surface area contributed by atoms with E-state index in [0.29, 0.717) is 12.3 Å². The molecule has 0 aliphatic heterocycles. The highest BCUT2D eigenvalue weighted by atomic mass is 35.5. The van der Waals surface area contributed by atoms with Gasteiger partial charge < -0.3 is 4.90 Å². The summed E-state index contributed by atoms with van der Waals surface area (Å²) in [5, 5.41) is 0. The van der Waals surface area contributed by atoms with Gasteiger partial charge in [0, 0.05) is 25.9 Å². The smallest absolute Gasteiger partial charge is 0.223 e. The first-order valence-electron chi connectivity index (χ1n) is 5.04. The molecule has 1 saturated carbocycles. The molecule has 0 aromatic carbocycles. The molecule has 0 bridgehead atoms. The van der Waals surface area contributed by atoms with Crippen LogP contribution in [0.25, 0.3) is 0 Å². The summed E-state index contributed by atoms with van der Waals surface area (Å²) in [4.78, 5) is 13.1. The largest absolute Gasteiger partial charge is 0.346 e. The normalized spacial score (nSPS) is 16.8. The van der Waals surface area contributed by atoms with Crippen LogP contribution >= 0.6 is 11.6 Å². The molecule has 0 spiro atoms. The standard InChI is InChI=1S/C10H18ClNO/c1-12(10(13)5-7-11)8-6-9-3-2-4-9/h9H,2-8H2,1H3. The maximum atomic E-state index is 11.3. The Morgan fingerprint density at radius 1 is 1.54 bits per heavy atom. The fourth-order valence-corrected chi connectivity index (χ4v) is 1.72. The van der Waals surface area contributed by atoms with Crippen LogP contribution < -0.4 is 0 Å². The fourth-order valence-electron chi connectivity index (χ4n) is 1.55. The molecule has 76 valence electrons. The summed E-state index contributed by atoms with van der Waals surface area (Å²) in [7, 11) is 1.87. The van der Waals surface area contributed by atoms with E-state index in [9.17, 15) is 4.79 Å². The van der Waals surface area contributed by atoms with Gasteiger partial charge in [-0.3, -0.25) is 4.79 Å². The lowest BCUT2D eigenvalue weighted by Gasteiger charge is -2.27. The van der Waals surface area contributed by atoms with E-state index < -0.39 is 0 Å². The van der Waals surface area contributed by atoms with Crippen LogP contribution in [0.1, 0.15) is 32.1 Å². The third-order valence-corrected chi connectivity index (χ3v) is 3.02. The van der Waals surface area contributed by atoms with Crippen molar-refractivity contribution in [1.82, 2.24) is 4.90 Å². The molecule has 1 aliphatic carbocycles. The summed E-state index contributed by atoms with van der Waals surface area (Å²) in [6, 6.07) is 0. The third-order valence-electron chi connectivity index (χ3n) is 2.83. The number of alkyl halides is 1. The number of hydrogen-bond donors (Lipinski definition) is 0. The number of amides is 1. The van der Waals surface area contributed by atoms with Gasteiger partial charge >= 0.3 is 0 Å². The summed E-state index contributed by atoms with van der Waals surface area (Å²) in [6.45, 7) is 0.903. The number of carbonyl (C=O) groups excluding carboxylic acids is 1. The van der Waals surface area contributed by atoms with Gasteiger partial charge in [0.05, 0.1) is 0 Å². The van der Waals surface area contributed by atoms with Crippen LogP contribution in [0.4, 0.5) is 0 Å². The van der Waals surface area contributed by atoms with Crippen LogP contribution in [-0.4, -0.2) is 30.3 Å². The zero-order valence-corrected chi connectivity index (χ0v) is 9.02. The van der Waals surface area contributed by atoms with Crippen molar-refractivity contribution in [2.75, 3.05) is 19.5 Å². The van der Waals surface area contributed by atoms with E-state index in [1.165, 1.54) is 25.7 Å². The van der Waals surface area contributed by atoms with Crippen LogP contribution in [0.15, 0.2) is 0 Å². The minimum absolute atomic E-state index is 0.175. The van der Waals surface area contributed by atoms with Gasteiger partial charge in [-0.25, -0.2) is 0 Å². The first kappa shape index (κ1) is 10.8. The Kier molecular flexibility index (Phi) is 4.57. The second-order valence-electron chi connectivity index (χ2n) is 3.84. The summed E-state index contributed by atoms with van der Waals surface area (Å²) in [5.74, 6) is 1.49. The average Bonchev–Trinajstić information content (AvgIpc) is 2.01. The molecule has 0 aromatic rings. The van der Waals surface area contributed by atoms with Crippen LogP contribution in [-0.2, 0) is 4.79 Å². The zero-order chi connectivity index (χ0) is 9.68. The Balaban J connectivity index is 2.08. The molecule has 3 heteroatoms. The number of halogens is 1. The zero-order valence-electron chi connectivity index (χ0n) is 8.26. The van der Waals surface area contributed by atoms with Crippen molar-refractivity contribution in [2.45, 2.75) is 32.1 Å². The summed E-state index contributed by atoms with van der Waals surface area (Å²) >= 11 is 5.49. The van der Waals surface area contributed by atoms with Gasteiger partial charge in [0.1, 0.15) is 0 Å². The van der Waals surface area contributed by atoms with Crippen molar-refractivity contribution < 1.29 is 4.79 Å². The van der Waals surface area contributed by atoms with Crippen molar-refractivity contribution in [1.29, 1.82) is 0 Å². The van der Waals surface area contributed by atoms with Crippen molar-refractivity contribution in [3.63, 3.8) is 0 Å². The van der Waals surface area contributed by atoms with Crippen molar-refractivity contribution in [2.24, 2.45) is 5.92 Å². The van der Waals surface area contributed by atoms with E-state index in [4.69, 9.17) is 11.6 Å². The van der Waals surface area contributed by atoms with Crippen LogP contribution in [0.5, 0.6) is 0 Å². The van der Waals surface area contributed by atoms with Gasteiger partial charge in [-0.2, -0.15) is 0 Å². The third kappa shape index (κ3) is 3.55. The Labute approximate surface area is 85.2 Å². The Hall–Kier alpha value is -0.240. The van der Waals surface area contributed by atoms with Gasteiger partial charge in [-0.1, -0.05) is 19.3 Å². The van der Waals surface area contributed by atoms with Gasteiger partial charge in [0.25, 0.3) is 0 Å². The molecule has 13 heavy (non-hydrogen) atoms. The number of rotatable bonds is 5. The van der Waals surface area contributed by atoms with Gasteiger partial charge in [-0.15, -0.1) is 11.6 Å². The Morgan fingerprint density at radius 2 is 2.23 bits per heavy atom. The first-order valence-corrected chi connectivity index (χ1v) is 5.57. The molecule has 0 aromatic heterocycles. The Morgan fingerprint density at radius 3 is 2.69 bits per heavy atom. The lowest BCUT2D eigenvalue weighted by molar-refractivity contribution is -0.129. The molecule has 1 amide bonds. The highest BCUT2D eigenvalue weighted by Gasteiger charge is 2.18. The molecule has 1 fully saturated rings. The van der Waals surface area contributed by atoms with E-state index in [0.717, 1.165) is 12.5 Å². The average molecular weight is 204 g/mol. The molecule has 0 radical (unpaired) electrons. The highest BCUT2D eigenvalue weighted by Crippen LogP contribution is 2.29. The number of carbonyl (C=O) groups is 1. The second kappa shape index (κ2) is 5.48. The first-order chi connectivity index (χ1) is 6.24. The summed E-state index contributed by atoms with van der Waals surface area (Å²) in [6.07, 6.45) is 5.74. The number of hydrogen-bond acceptors (Lipinski definition) is 1. The topological polar surface area (TPSA) is 20.3 Å². The molecule has 0 saturated heterocycles. The SMILES string of the molecule is CN(CCC1CCC1)C(=O)CCCl. The Bertz CT molecular complexity index is 168. The van der Waals surface area contributed by atoms with Crippen molar-refractivity contribution >= 4 is 17.5 Å². The number of nitrogens with zero attached hydrogens (tertiary/aromatic N) is 1. The molecule has 0 unspecified atom stereocenters. The van der Waals surface area contributed by atoms with Crippen molar-refractivity contribution in [3.05, 3.63) is 0 Å². The monoisotopic (exact) mass is 203 g/mol. The molecular formula is C10H18ClNO. The summed E-state index contributed by atoms with van der Waals surface area (Å²) in [5.41, 5.74) is 0. The van der Waals surface area contributed by atoms with Crippen LogP contribution in [0, 0.1) is 5.92 Å². The predicted molar refractivity (Wildman–Crippen MR) is 54.9 cm³/mol. The maximum Gasteiger partial charge on any atom is 0.223 e. The lowest BCUT2D eigenvalue weighted by Crippen LogP contribution is -2.30. The minimum atomic E-state index is 0.175. The quantitative estimate of drug-likeness (QED) is 0.628. The molecule has 0 atom stereocenters. The van der Waals surface area contributed by atoms with E-state index in [-0.39, 0.29) is 5.91 Å². The highest BCUT2D eigenvalue weighted by molar-refractivity contribution is 6.18. The van der Waals surface area contributed by atoms with E-state index >= 15 is 0 Å². The molecule has 1 rings (SSSR count). The van der Waals surface area contributed by atoms with Crippen LogP contribution in [0.3, 0.4) is 0 Å². The molecule has 2 nitrogen and oxygen atoms in total. The van der Waals surface area contributed by atoms with E-state index in [1.807, 2.05) is 7.05 Å². The fraction of sp³-hybridized carbons (Fsp3) is 0.900. The van der Waals surface area contributed by atoms with Crippen LogP contribution in [0.2, 0.25) is 0 Å². The molecular weight excluding hydrogens is 186 g/mol. The second-order valence-corrected chi connectivity index (χ2v) is 4.22. The molecule has 0 heterocycles. The van der Waals surface area contributed by atoms with Gasteiger partial charge in [0.2, 0.25) is 5.91 Å².